The van der Waals surface area contributed by atoms with Gasteiger partial charge in [-0.15, -0.1) is 0 Å². The summed E-state index contributed by atoms with van der Waals surface area (Å²) in [7, 11) is 0. The number of hydrogen-bond acceptors (Lipinski definition) is 16. The number of aliphatic hydroxyl groups is 1. The van der Waals surface area contributed by atoms with E-state index >= 15 is 0 Å². The highest BCUT2D eigenvalue weighted by Crippen LogP contribution is 2.42. The van der Waals surface area contributed by atoms with Crippen LogP contribution in [0.4, 0.5) is 0 Å². The quantitative estimate of drug-likeness (QED) is 0.0251. The van der Waals surface area contributed by atoms with Gasteiger partial charge in [-0.3, -0.25) is 0 Å². The van der Waals surface area contributed by atoms with Crippen LogP contribution in [0.5, 0.6) is 0 Å². The smallest absolute Gasteiger partial charge is 0.338 e. The van der Waals surface area contributed by atoms with Crippen LogP contribution < -0.4 is 0 Å². The van der Waals surface area contributed by atoms with Crippen LogP contribution >= 0.6 is 0 Å². The third-order valence-electron chi connectivity index (χ3n) is 13.4. The van der Waals surface area contributed by atoms with Crippen molar-refractivity contribution in [1.82, 2.24) is 0 Å². The molecule has 7 unspecified atom stereocenters. The Bertz CT molecular complexity index is 2380. The van der Waals surface area contributed by atoms with E-state index < -0.39 is 104 Å². The first-order chi connectivity index (χ1) is 34.5. The van der Waals surface area contributed by atoms with E-state index in [4.69, 9.17) is 57.6 Å². The topological polar surface area (TPSA) is 222 Å². The van der Waals surface area contributed by atoms with Gasteiger partial charge in [-0.25, -0.2) is 14.4 Å². The molecule has 4 aromatic carbocycles. The van der Waals surface area contributed by atoms with Crippen molar-refractivity contribution < 1.29 is 71.6 Å². The Morgan fingerprint density at radius 2 is 1.21 bits per heavy atom. The lowest BCUT2D eigenvalue weighted by Gasteiger charge is -2.51. The fourth-order valence-electron chi connectivity index (χ4n) is 9.30. The lowest BCUT2D eigenvalue weighted by Crippen LogP contribution is -2.65. The van der Waals surface area contributed by atoms with Crippen LogP contribution in [0, 0.1) is 17.8 Å². The summed E-state index contributed by atoms with van der Waals surface area (Å²) < 4.78 is 70.7. The van der Waals surface area contributed by atoms with E-state index in [2.05, 4.69) is 10.0 Å². The SMILES string of the molecule is CCC1O[C@@H](OCCCN=[N+]=[N-])C(OC(=O)c2ccccc2)[C@H](C)[C@@H]1O[C@@H]1OC(COC(=O)c2ccccc2)[C@H](O)[C@H](O[C@@H]2OC3COC(c4ccccc4)O[C@H]3[C@H](C)C2C)C1OC(=O)c1ccccc1. The molecule has 0 radical (unpaired) electrons. The molecule has 0 saturated carbocycles. The first kappa shape index (κ1) is 51.6. The van der Waals surface area contributed by atoms with Crippen LogP contribution in [-0.2, 0) is 52.1 Å². The molecule has 0 spiro atoms. The second-order valence-corrected chi connectivity index (χ2v) is 18.1. The number of ether oxygens (including phenoxy) is 11. The summed E-state index contributed by atoms with van der Waals surface area (Å²) in [6.45, 7) is 7.70. The van der Waals surface area contributed by atoms with E-state index in [0.29, 0.717) is 18.4 Å². The molecule has 4 aromatic rings. The third-order valence-corrected chi connectivity index (χ3v) is 13.4. The van der Waals surface area contributed by atoms with Crippen LogP contribution in [0.3, 0.4) is 0 Å². The third kappa shape index (κ3) is 12.5. The molecule has 8 rings (SSSR count). The van der Waals surface area contributed by atoms with Crippen molar-refractivity contribution in [3.8, 4) is 0 Å². The number of nitrogens with zero attached hydrogens (tertiary/aromatic N) is 3. The highest BCUT2D eigenvalue weighted by molar-refractivity contribution is 5.90. The van der Waals surface area contributed by atoms with E-state index in [9.17, 15) is 19.5 Å². The molecule has 16 atom stereocenters. The van der Waals surface area contributed by atoms with Crippen LogP contribution in [0.15, 0.2) is 126 Å². The van der Waals surface area contributed by atoms with E-state index in [1.165, 1.54) is 0 Å². The maximum absolute atomic E-state index is 14.2. The minimum absolute atomic E-state index is 0.120. The van der Waals surface area contributed by atoms with E-state index in [0.717, 1.165) is 5.56 Å². The molecule has 18 heteroatoms. The first-order valence-corrected chi connectivity index (χ1v) is 24.2. The summed E-state index contributed by atoms with van der Waals surface area (Å²) in [6, 6.07) is 34.8. The second kappa shape index (κ2) is 24.6. The predicted molar refractivity (Wildman–Crippen MR) is 252 cm³/mol. The number of esters is 3. The summed E-state index contributed by atoms with van der Waals surface area (Å²) >= 11 is 0. The van der Waals surface area contributed by atoms with Gasteiger partial charge in [0.1, 0.15) is 31.0 Å². The molecule has 18 nitrogen and oxygen atoms in total. The van der Waals surface area contributed by atoms with Crippen molar-refractivity contribution in [2.24, 2.45) is 22.9 Å². The van der Waals surface area contributed by atoms with Crippen molar-refractivity contribution in [2.75, 3.05) is 26.4 Å². The fourth-order valence-corrected chi connectivity index (χ4v) is 9.30. The van der Waals surface area contributed by atoms with Gasteiger partial charge in [-0.05, 0) is 60.7 Å². The fraction of sp³-hybridized carbons (Fsp3) is 0.491. The largest absolute Gasteiger partial charge is 0.459 e. The first-order valence-electron chi connectivity index (χ1n) is 24.2. The van der Waals surface area contributed by atoms with Gasteiger partial charge in [-0.2, -0.15) is 0 Å². The predicted octanol–water partition coefficient (Wildman–Crippen LogP) is 7.75. The molecular formula is C53H61N3O15. The molecular weight excluding hydrogens is 919 g/mol. The molecule has 0 amide bonds. The van der Waals surface area contributed by atoms with Crippen LogP contribution in [0.1, 0.15) is 83.5 Å². The van der Waals surface area contributed by atoms with Crippen LogP contribution in [0.25, 0.3) is 10.4 Å². The summed E-state index contributed by atoms with van der Waals surface area (Å²) in [5.41, 5.74) is 10.5. The van der Waals surface area contributed by atoms with Gasteiger partial charge in [0.05, 0.1) is 48.2 Å². The molecule has 0 bridgehead atoms. The Morgan fingerprint density at radius 3 is 1.82 bits per heavy atom. The zero-order chi connectivity index (χ0) is 49.9. The lowest BCUT2D eigenvalue weighted by molar-refractivity contribution is -0.382. The maximum Gasteiger partial charge on any atom is 0.338 e. The molecule has 4 aliphatic rings. The average Bonchev–Trinajstić information content (AvgIpc) is 3.41. The number of hydrogen-bond donors (Lipinski definition) is 1. The van der Waals surface area contributed by atoms with E-state index in [1.807, 2.05) is 58.0 Å². The lowest BCUT2D eigenvalue weighted by atomic mass is 9.84. The molecule has 4 fully saturated rings. The van der Waals surface area contributed by atoms with Crippen molar-refractivity contribution in [3.05, 3.63) is 154 Å². The molecule has 1 N–H and O–H groups in total. The zero-order valence-electron chi connectivity index (χ0n) is 40.0. The molecule has 0 aromatic heterocycles. The molecule has 378 valence electrons. The number of benzene rings is 4. The van der Waals surface area contributed by atoms with Crippen molar-refractivity contribution in [1.29, 1.82) is 0 Å². The molecule has 71 heavy (non-hydrogen) atoms. The van der Waals surface area contributed by atoms with Gasteiger partial charge in [0.2, 0.25) is 0 Å². The average molecular weight is 980 g/mol. The van der Waals surface area contributed by atoms with Gasteiger partial charge >= 0.3 is 17.9 Å². The van der Waals surface area contributed by atoms with Gasteiger partial charge in [0, 0.05) is 28.9 Å². The Morgan fingerprint density at radius 1 is 0.648 bits per heavy atom. The number of carbonyl (C=O) groups is 3. The number of aliphatic hydroxyl groups excluding tert-OH is 1. The van der Waals surface area contributed by atoms with Crippen molar-refractivity contribution in [3.63, 3.8) is 0 Å². The van der Waals surface area contributed by atoms with Crippen molar-refractivity contribution in [2.45, 2.75) is 121 Å². The molecule has 4 heterocycles. The van der Waals surface area contributed by atoms with Crippen LogP contribution in [-0.4, -0.2) is 123 Å². The van der Waals surface area contributed by atoms with Gasteiger partial charge < -0.3 is 57.2 Å². The summed E-state index contributed by atoms with van der Waals surface area (Å²) in [5.74, 6) is -3.24. The van der Waals surface area contributed by atoms with Crippen molar-refractivity contribution >= 4 is 17.9 Å². The minimum atomic E-state index is -1.60. The highest BCUT2D eigenvalue weighted by Gasteiger charge is 2.56. The van der Waals surface area contributed by atoms with E-state index in [-0.39, 0.29) is 48.8 Å². The molecule has 4 aliphatic heterocycles. The second-order valence-electron chi connectivity index (χ2n) is 18.1. The number of rotatable bonds is 18. The summed E-state index contributed by atoms with van der Waals surface area (Å²) in [5, 5.41) is 16.0. The Balaban J connectivity index is 1.11. The number of carbonyl (C=O) groups excluding carboxylic acids is 3. The monoisotopic (exact) mass is 979 g/mol. The summed E-state index contributed by atoms with van der Waals surface area (Å²) in [6.07, 6.45) is -12.9. The Hall–Kier alpha value is -5.76. The standard InChI is InChI=1S/C53H61N3O15/c1-5-38-43(33(4)44(52(64-38)61-28-18-27-55-56-54)67-48(59)35-21-12-7-13-22-35)70-53-46(68-49(60)36-23-14-8-15-24-36)45(41(57)39(65-53)29-62-47(58)34-19-10-6-11-20-34)71-50-32(3)31(2)42-40(66-50)30-63-51(69-42)37-25-16-9-17-26-37/h6-17,19-26,31-33,38-46,50-53,57H,5,18,27-30H2,1-4H3/t31-,32?,33-,38?,39?,40?,41+,42+,43+,44?,45+,46?,50+,51?,52-,53+/m1/s1. The number of azide groups is 1. The molecule has 0 aliphatic carbocycles. The molecule has 4 saturated heterocycles. The van der Waals surface area contributed by atoms with Crippen LogP contribution in [0.2, 0.25) is 0 Å². The normalized spacial score (nSPS) is 32.6. The maximum atomic E-state index is 14.2. The van der Waals surface area contributed by atoms with Gasteiger partial charge in [0.25, 0.3) is 0 Å². The van der Waals surface area contributed by atoms with Gasteiger partial charge in [0.15, 0.2) is 37.4 Å². The Labute approximate surface area is 412 Å². The highest BCUT2D eigenvalue weighted by atomic mass is 16.8. The Kier molecular flexibility index (Phi) is 17.9. The summed E-state index contributed by atoms with van der Waals surface area (Å²) in [4.78, 5) is 44.1. The minimum Gasteiger partial charge on any atom is -0.459 e. The number of fused-ring (bicyclic) bond motifs is 1. The van der Waals surface area contributed by atoms with Gasteiger partial charge in [-0.1, -0.05) is 118 Å². The zero-order valence-corrected chi connectivity index (χ0v) is 40.0. The van der Waals surface area contributed by atoms with E-state index in [1.54, 1.807) is 91.0 Å².